The van der Waals surface area contributed by atoms with E-state index in [2.05, 4.69) is 10.4 Å². The van der Waals surface area contributed by atoms with Crippen molar-refractivity contribution in [3.63, 3.8) is 0 Å². The van der Waals surface area contributed by atoms with Crippen LogP contribution >= 0.6 is 23.4 Å². The van der Waals surface area contributed by atoms with Crippen molar-refractivity contribution in [2.75, 3.05) is 6.54 Å². The lowest BCUT2D eigenvalue weighted by molar-refractivity contribution is -0.138. The predicted molar refractivity (Wildman–Crippen MR) is 156 cm³/mol. The maximum absolute atomic E-state index is 13.6. The molecule has 1 N–H and O–H groups in total. The van der Waals surface area contributed by atoms with E-state index in [9.17, 15) is 27.6 Å². The van der Waals surface area contributed by atoms with Crippen LogP contribution in [0.25, 0.3) is 17.0 Å². The zero-order chi connectivity index (χ0) is 31.0. The summed E-state index contributed by atoms with van der Waals surface area (Å²) in [4.78, 5) is 39.5. The molecule has 1 atom stereocenters. The van der Waals surface area contributed by atoms with Crippen LogP contribution in [0.5, 0.6) is 0 Å². The van der Waals surface area contributed by atoms with Crippen LogP contribution < -0.4 is 5.32 Å². The number of nitrogens with zero attached hydrogens (tertiary/aromatic N) is 3. The molecule has 13 heteroatoms. The Bertz CT molecular complexity index is 1560. The van der Waals surface area contributed by atoms with Gasteiger partial charge in [0.15, 0.2) is 0 Å². The van der Waals surface area contributed by atoms with Gasteiger partial charge in [0.1, 0.15) is 5.60 Å². The van der Waals surface area contributed by atoms with Crippen LogP contribution in [0.15, 0.2) is 47.5 Å². The first kappa shape index (κ1) is 31.4. The van der Waals surface area contributed by atoms with Gasteiger partial charge in [-0.3, -0.25) is 19.2 Å². The molecular weight excluding hydrogens is 593 g/mol. The number of alkyl carbamates (subject to hydrolysis) is 1. The smallest absolute Gasteiger partial charge is 0.416 e. The second kappa shape index (κ2) is 12.0. The van der Waals surface area contributed by atoms with Crippen molar-refractivity contribution in [2.45, 2.75) is 59.0 Å². The Hall–Kier alpha value is -3.51. The van der Waals surface area contributed by atoms with Crippen molar-refractivity contribution in [3.8, 4) is 0 Å². The first-order chi connectivity index (χ1) is 19.5. The number of carbonyl (C=O) groups excluding carboxylic acids is 3. The van der Waals surface area contributed by atoms with Gasteiger partial charge in [0.05, 0.1) is 41.3 Å². The van der Waals surface area contributed by atoms with E-state index in [0.717, 1.165) is 22.7 Å². The van der Waals surface area contributed by atoms with Gasteiger partial charge in [0.2, 0.25) is 0 Å². The van der Waals surface area contributed by atoms with Crippen molar-refractivity contribution < 1.29 is 32.3 Å². The Morgan fingerprint density at radius 1 is 1.14 bits per heavy atom. The van der Waals surface area contributed by atoms with Crippen LogP contribution in [0.2, 0.25) is 5.02 Å². The lowest BCUT2D eigenvalue weighted by Crippen LogP contribution is -2.49. The van der Waals surface area contributed by atoms with Crippen LogP contribution in [0.4, 0.5) is 22.8 Å². The number of nitrogens with one attached hydrogen (secondary N) is 1. The number of ether oxygens (including phenoxy) is 1. The SMILES string of the molecule is CC(C)[C@H](CN1C(=O)SC(=Cc2ccc3c(cnn3Cc3ccc(Cl)cc3C(F)(F)F)c2)C1=O)NC(=O)OC(C)(C)C. The molecule has 4 rings (SSSR count). The molecule has 224 valence electrons. The zero-order valence-electron chi connectivity index (χ0n) is 23.6. The number of thioether (sulfide) groups is 1. The molecule has 2 aromatic carbocycles. The third-order valence-electron chi connectivity index (χ3n) is 6.42. The monoisotopic (exact) mass is 622 g/mol. The predicted octanol–water partition coefficient (Wildman–Crippen LogP) is 7.34. The summed E-state index contributed by atoms with van der Waals surface area (Å²) in [5, 5.41) is 7.18. The van der Waals surface area contributed by atoms with E-state index in [-0.39, 0.29) is 34.5 Å². The molecule has 1 aliphatic heterocycles. The fourth-order valence-corrected chi connectivity index (χ4v) is 5.34. The Labute approximate surface area is 250 Å². The molecule has 2 heterocycles. The topological polar surface area (TPSA) is 93.5 Å². The molecule has 3 aromatic rings. The van der Waals surface area contributed by atoms with Crippen LogP contribution in [0.3, 0.4) is 0 Å². The van der Waals surface area contributed by atoms with Crippen molar-refractivity contribution >= 4 is 57.6 Å². The molecule has 42 heavy (non-hydrogen) atoms. The van der Waals surface area contributed by atoms with Crippen molar-refractivity contribution in [1.82, 2.24) is 20.0 Å². The number of benzene rings is 2. The van der Waals surface area contributed by atoms with Gasteiger partial charge >= 0.3 is 12.3 Å². The van der Waals surface area contributed by atoms with Gasteiger partial charge in [0.25, 0.3) is 11.1 Å². The van der Waals surface area contributed by atoms with Gasteiger partial charge in [-0.05, 0) is 79.9 Å². The average Bonchev–Trinajstić information content (AvgIpc) is 3.37. The summed E-state index contributed by atoms with van der Waals surface area (Å²) in [6, 6.07) is 8.23. The zero-order valence-corrected chi connectivity index (χ0v) is 25.2. The number of carbonyl (C=O) groups is 3. The van der Waals surface area contributed by atoms with Crippen LogP contribution in [-0.4, -0.2) is 50.1 Å². The minimum absolute atomic E-state index is 0.00974. The second-order valence-electron chi connectivity index (χ2n) is 11.2. The fraction of sp³-hybridized carbons (Fsp3) is 0.379. The van der Waals surface area contributed by atoms with Gasteiger partial charge in [0, 0.05) is 10.4 Å². The summed E-state index contributed by atoms with van der Waals surface area (Å²) in [6.45, 7) is 8.81. The minimum Gasteiger partial charge on any atom is -0.444 e. The maximum atomic E-state index is 13.6. The minimum atomic E-state index is -4.57. The number of hydrogen-bond donors (Lipinski definition) is 1. The average molecular weight is 623 g/mol. The van der Waals surface area contributed by atoms with E-state index in [1.54, 1.807) is 45.0 Å². The largest absolute Gasteiger partial charge is 0.444 e. The Morgan fingerprint density at radius 2 is 1.86 bits per heavy atom. The van der Waals surface area contributed by atoms with Crippen molar-refractivity contribution in [1.29, 1.82) is 0 Å². The molecule has 0 radical (unpaired) electrons. The highest BCUT2D eigenvalue weighted by Gasteiger charge is 2.38. The van der Waals surface area contributed by atoms with Crippen LogP contribution in [0, 0.1) is 5.92 Å². The number of aromatic nitrogens is 2. The molecule has 8 nitrogen and oxygen atoms in total. The van der Waals surface area contributed by atoms with Gasteiger partial charge in [-0.1, -0.05) is 37.6 Å². The summed E-state index contributed by atoms with van der Waals surface area (Å²) in [7, 11) is 0. The van der Waals surface area contributed by atoms with E-state index in [1.165, 1.54) is 23.0 Å². The number of alkyl halides is 3. The molecule has 0 spiro atoms. The Kier molecular flexibility index (Phi) is 8.98. The highest BCUT2D eigenvalue weighted by molar-refractivity contribution is 8.18. The van der Waals surface area contributed by atoms with Gasteiger partial charge in [-0.25, -0.2) is 4.79 Å². The Morgan fingerprint density at radius 3 is 2.50 bits per heavy atom. The normalized spacial score (nSPS) is 16.1. The first-order valence-electron chi connectivity index (χ1n) is 13.1. The fourth-order valence-electron chi connectivity index (χ4n) is 4.32. The summed E-state index contributed by atoms with van der Waals surface area (Å²) in [5.74, 6) is -0.574. The van der Waals surface area contributed by atoms with E-state index >= 15 is 0 Å². The van der Waals surface area contributed by atoms with Gasteiger partial charge in [-0.2, -0.15) is 18.3 Å². The number of rotatable bonds is 7. The maximum Gasteiger partial charge on any atom is 0.416 e. The Balaban J connectivity index is 1.51. The number of amides is 3. The molecule has 1 saturated heterocycles. The van der Waals surface area contributed by atoms with Gasteiger partial charge in [-0.15, -0.1) is 0 Å². The highest BCUT2D eigenvalue weighted by atomic mass is 35.5. The number of halogens is 4. The van der Waals surface area contributed by atoms with Crippen LogP contribution in [-0.2, 0) is 22.3 Å². The van der Waals surface area contributed by atoms with E-state index in [4.69, 9.17) is 16.3 Å². The molecule has 1 aliphatic rings. The summed E-state index contributed by atoms with van der Waals surface area (Å²) < 4.78 is 47.4. The van der Waals surface area contributed by atoms with Crippen molar-refractivity contribution in [3.05, 3.63) is 69.2 Å². The molecule has 0 aliphatic carbocycles. The number of fused-ring (bicyclic) bond motifs is 1. The second-order valence-corrected chi connectivity index (χ2v) is 12.6. The van der Waals surface area contributed by atoms with E-state index in [0.29, 0.717) is 16.5 Å². The van der Waals surface area contributed by atoms with Crippen LogP contribution in [0.1, 0.15) is 51.3 Å². The molecule has 3 amide bonds. The first-order valence-corrected chi connectivity index (χ1v) is 14.3. The lowest BCUT2D eigenvalue weighted by Gasteiger charge is -2.28. The van der Waals surface area contributed by atoms with Crippen molar-refractivity contribution in [2.24, 2.45) is 5.92 Å². The molecular formula is C29H30ClF3N4O4S. The summed E-state index contributed by atoms with van der Waals surface area (Å²) >= 11 is 6.59. The van der Waals surface area contributed by atoms with Gasteiger partial charge < -0.3 is 10.1 Å². The lowest BCUT2D eigenvalue weighted by atomic mass is 10.0. The highest BCUT2D eigenvalue weighted by Crippen LogP contribution is 2.35. The molecule has 0 saturated carbocycles. The molecule has 1 aromatic heterocycles. The standard InChI is InChI=1S/C29H30ClF3N4O4S/c1-16(2)22(35-26(39)41-28(3,4)5)15-36-25(38)24(42-27(36)40)11-17-6-9-23-19(10-17)13-34-37(23)14-18-7-8-20(30)12-21(18)29(31,32)33/h6-13,16,22H,14-15H2,1-5H3,(H,35,39)/t22-/m0/s1. The van der Waals surface area contributed by atoms with E-state index < -0.39 is 40.6 Å². The molecule has 0 unspecified atom stereocenters. The number of hydrogen-bond acceptors (Lipinski definition) is 6. The summed E-state index contributed by atoms with van der Waals surface area (Å²) in [6.07, 6.45) is -2.10. The third-order valence-corrected chi connectivity index (χ3v) is 7.56. The molecule has 1 fully saturated rings. The summed E-state index contributed by atoms with van der Waals surface area (Å²) in [5.41, 5.74) is -0.294. The number of imide groups is 1. The molecule has 0 bridgehead atoms. The quantitative estimate of drug-likeness (QED) is 0.277. The van der Waals surface area contributed by atoms with E-state index in [1.807, 2.05) is 13.8 Å². The third kappa shape index (κ3) is 7.46.